The van der Waals surface area contributed by atoms with Gasteiger partial charge < -0.3 is 0 Å². The van der Waals surface area contributed by atoms with Crippen molar-refractivity contribution in [1.29, 1.82) is 0 Å². The third-order valence-corrected chi connectivity index (χ3v) is 3.70. The Morgan fingerprint density at radius 1 is 0.941 bits per heavy atom. The first-order chi connectivity index (χ1) is 8.34. The van der Waals surface area contributed by atoms with Gasteiger partial charge in [-0.25, -0.2) is 0 Å². The molecule has 17 heavy (non-hydrogen) atoms. The zero-order chi connectivity index (χ0) is 11.7. The van der Waals surface area contributed by atoms with Crippen LogP contribution < -0.4 is 0 Å². The molecule has 1 heteroatoms. The van der Waals surface area contributed by atoms with Crippen molar-refractivity contribution in [3.05, 3.63) is 75.8 Å². The fourth-order valence-electron chi connectivity index (χ4n) is 2.39. The highest BCUT2D eigenvalue weighted by molar-refractivity contribution is 9.10. The van der Waals surface area contributed by atoms with E-state index in [1.807, 2.05) is 0 Å². The van der Waals surface area contributed by atoms with E-state index in [0.29, 0.717) is 0 Å². The van der Waals surface area contributed by atoms with E-state index in [4.69, 9.17) is 0 Å². The minimum atomic E-state index is 1.14. The Morgan fingerprint density at radius 2 is 1.76 bits per heavy atom. The van der Waals surface area contributed by atoms with E-state index >= 15 is 0 Å². The van der Waals surface area contributed by atoms with Gasteiger partial charge in [-0.05, 0) is 47.2 Å². The molecule has 3 rings (SSSR count). The molecule has 0 saturated carbocycles. The molecule has 0 nitrogen and oxygen atoms in total. The van der Waals surface area contributed by atoms with Crippen molar-refractivity contribution >= 4 is 21.5 Å². The molecule has 0 radical (unpaired) electrons. The molecule has 0 amide bonds. The molecule has 0 fully saturated rings. The van der Waals surface area contributed by atoms with Gasteiger partial charge in [0.05, 0.1) is 0 Å². The maximum Gasteiger partial charge on any atom is 0.0181 e. The molecule has 0 spiro atoms. The van der Waals surface area contributed by atoms with E-state index in [1.54, 1.807) is 0 Å². The number of hydrogen-bond donors (Lipinski definition) is 0. The quantitative estimate of drug-likeness (QED) is 0.704. The fraction of sp³-hybridized carbons (Fsp3) is 0.125. The van der Waals surface area contributed by atoms with Crippen LogP contribution in [-0.4, -0.2) is 0 Å². The molecule has 0 bridgehead atoms. The van der Waals surface area contributed by atoms with Crippen LogP contribution in [0.25, 0.3) is 5.57 Å². The average molecular weight is 285 g/mol. The van der Waals surface area contributed by atoms with Crippen LogP contribution in [0.3, 0.4) is 0 Å². The van der Waals surface area contributed by atoms with Gasteiger partial charge in [0.1, 0.15) is 0 Å². The van der Waals surface area contributed by atoms with Crippen molar-refractivity contribution in [2.45, 2.75) is 12.8 Å². The molecule has 0 saturated heterocycles. The molecule has 84 valence electrons. The predicted octanol–water partition coefficient (Wildman–Crippen LogP) is 4.83. The topological polar surface area (TPSA) is 0 Å². The number of aryl methyl sites for hydroxylation is 1. The van der Waals surface area contributed by atoms with Crippen molar-refractivity contribution < 1.29 is 0 Å². The van der Waals surface area contributed by atoms with Crippen LogP contribution in [0.15, 0.2) is 59.1 Å². The second-order valence-electron chi connectivity index (χ2n) is 4.32. The maximum atomic E-state index is 3.56. The molecule has 1 aliphatic rings. The van der Waals surface area contributed by atoms with E-state index in [2.05, 4.69) is 70.5 Å². The highest BCUT2D eigenvalue weighted by atomic mass is 79.9. The number of allylic oxidation sites excluding steroid dienone is 1. The highest BCUT2D eigenvalue weighted by Gasteiger charge is 2.13. The van der Waals surface area contributed by atoms with Crippen LogP contribution in [0.5, 0.6) is 0 Å². The average Bonchev–Trinajstić information content (AvgIpc) is 2.39. The van der Waals surface area contributed by atoms with E-state index in [9.17, 15) is 0 Å². The van der Waals surface area contributed by atoms with Gasteiger partial charge >= 0.3 is 0 Å². The second-order valence-corrected chi connectivity index (χ2v) is 5.24. The van der Waals surface area contributed by atoms with Crippen LogP contribution in [0.4, 0.5) is 0 Å². The van der Waals surface area contributed by atoms with E-state index in [1.165, 1.54) is 22.3 Å². The summed E-state index contributed by atoms with van der Waals surface area (Å²) in [5.74, 6) is 0. The summed E-state index contributed by atoms with van der Waals surface area (Å²) in [6, 6.07) is 17.2. The summed E-state index contributed by atoms with van der Waals surface area (Å²) in [4.78, 5) is 0. The normalized spacial score (nSPS) is 14.1. The second kappa shape index (κ2) is 4.50. The van der Waals surface area contributed by atoms with Crippen LogP contribution in [-0.2, 0) is 6.42 Å². The Labute approximate surface area is 110 Å². The summed E-state index contributed by atoms with van der Waals surface area (Å²) in [5.41, 5.74) is 5.51. The minimum absolute atomic E-state index is 1.14. The van der Waals surface area contributed by atoms with E-state index in [0.717, 1.165) is 17.3 Å². The molecule has 0 unspecified atom stereocenters. The Morgan fingerprint density at radius 3 is 2.59 bits per heavy atom. The Hall–Kier alpha value is -1.34. The molecule has 1 aliphatic carbocycles. The van der Waals surface area contributed by atoms with E-state index < -0.39 is 0 Å². The minimum Gasteiger partial charge on any atom is -0.0757 e. The molecule has 0 heterocycles. The summed E-state index contributed by atoms with van der Waals surface area (Å²) in [6.07, 6.45) is 4.64. The van der Waals surface area contributed by atoms with E-state index in [-0.39, 0.29) is 0 Å². The van der Waals surface area contributed by atoms with Gasteiger partial charge in [-0.1, -0.05) is 58.4 Å². The molecule has 0 aliphatic heterocycles. The van der Waals surface area contributed by atoms with Crippen molar-refractivity contribution in [3.63, 3.8) is 0 Å². The number of fused-ring (bicyclic) bond motifs is 1. The zero-order valence-electron chi connectivity index (χ0n) is 9.49. The third-order valence-electron chi connectivity index (χ3n) is 3.21. The summed E-state index contributed by atoms with van der Waals surface area (Å²) < 4.78 is 1.15. The molecule has 0 atom stereocenters. The molecule has 0 N–H and O–H groups in total. The SMILES string of the molecule is Brc1ccc2c(c1)C(c1ccccc1)=CCC2. The summed E-state index contributed by atoms with van der Waals surface area (Å²) in [7, 11) is 0. The van der Waals surface area contributed by atoms with Crippen molar-refractivity contribution in [2.24, 2.45) is 0 Å². The third kappa shape index (κ3) is 2.07. The fourth-order valence-corrected chi connectivity index (χ4v) is 2.75. The zero-order valence-corrected chi connectivity index (χ0v) is 11.1. The lowest BCUT2D eigenvalue weighted by Gasteiger charge is -2.18. The first-order valence-electron chi connectivity index (χ1n) is 5.89. The number of benzene rings is 2. The first kappa shape index (κ1) is 10.8. The molecule has 0 aromatic heterocycles. The van der Waals surface area contributed by atoms with Gasteiger partial charge in [-0.15, -0.1) is 0 Å². The number of halogens is 1. The van der Waals surface area contributed by atoms with Crippen molar-refractivity contribution in [1.82, 2.24) is 0 Å². The summed E-state index contributed by atoms with van der Waals surface area (Å²) in [5, 5.41) is 0. The highest BCUT2D eigenvalue weighted by Crippen LogP contribution is 2.33. The van der Waals surface area contributed by atoms with Crippen LogP contribution in [0.2, 0.25) is 0 Å². The maximum absolute atomic E-state index is 3.56. The summed E-state index contributed by atoms with van der Waals surface area (Å²) in [6.45, 7) is 0. The Bertz CT molecular complexity index is 567. The lowest BCUT2D eigenvalue weighted by Crippen LogP contribution is -2.00. The van der Waals surface area contributed by atoms with Gasteiger partial charge in [-0.2, -0.15) is 0 Å². The monoisotopic (exact) mass is 284 g/mol. The standard InChI is InChI=1S/C16H13Br/c17-14-10-9-13-7-4-8-15(16(13)11-14)12-5-2-1-3-6-12/h1-3,5-6,8-11H,4,7H2. The lowest BCUT2D eigenvalue weighted by atomic mass is 9.87. The Kier molecular flexibility index (Phi) is 2.86. The van der Waals surface area contributed by atoms with Crippen molar-refractivity contribution in [3.8, 4) is 0 Å². The predicted molar refractivity (Wildman–Crippen MR) is 76.0 cm³/mol. The van der Waals surface area contributed by atoms with Crippen LogP contribution in [0.1, 0.15) is 23.1 Å². The van der Waals surface area contributed by atoms with Crippen LogP contribution >= 0.6 is 15.9 Å². The smallest absolute Gasteiger partial charge is 0.0181 e. The Balaban J connectivity index is 2.14. The summed E-state index contributed by atoms with van der Waals surface area (Å²) >= 11 is 3.56. The van der Waals surface area contributed by atoms with Crippen molar-refractivity contribution in [2.75, 3.05) is 0 Å². The van der Waals surface area contributed by atoms with Gasteiger partial charge in [0.2, 0.25) is 0 Å². The molecular weight excluding hydrogens is 272 g/mol. The van der Waals surface area contributed by atoms with Gasteiger partial charge in [0, 0.05) is 4.47 Å². The largest absolute Gasteiger partial charge is 0.0757 e. The molecule has 2 aromatic carbocycles. The lowest BCUT2D eigenvalue weighted by molar-refractivity contribution is 0.977. The van der Waals surface area contributed by atoms with Gasteiger partial charge in [0.25, 0.3) is 0 Å². The van der Waals surface area contributed by atoms with Crippen LogP contribution in [0, 0.1) is 0 Å². The molecular formula is C16H13Br. The number of hydrogen-bond acceptors (Lipinski definition) is 0. The first-order valence-corrected chi connectivity index (χ1v) is 6.68. The molecule has 2 aromatic rings. The van der Waals surface area contributed by atoms with Gasteiger partial charge in [0.15, 0.2) is 0 Å². The van der Waals surface area contributed by atoms with Gasteiger partial charge in [-0.3, -0.25) is 0 Å². The number of rotatable bonds is 1.